The van der Waals surface area contributed by atoms with E-state index in [0.717, 1.165) is 0 Å². The van der Waals surface area contributed by atoms with Gasteiger partial charge in [-0.2, -0.15) is 15.0 Å². The molecule has 0 bridgehead atoms. The van der Waals surface area contributed by atoms with Crippen LogP contribution in [0.3, 0.4) is 0 Å². The molecule has 4 aromatic heterocycles. The lowest BCUT2D eigenvalue weighted by Gasteiger charge is -2.18. The van der Waals surface area contributed by atoms with E-state index in [1.165, 1.54) is 21.3 Å². The maximum absolute atomic E-state index is 12.0. The van der Waals surface area contributed by atoms with Crippen molar-refractivity contribution >= 4 is 50.2 Å². The fourth-order valence-electron chi connectivity index (χ4n) is 4.83. The number of ether oxygens (including phenoxy) is 3. The van der Waals surface area contributed by atoms with Crippen LogP contribution >= 0.6 is 15.9 Å². The minimum absolute atomic E-state index is 0.00816. The Balaban J connectivity index is 0.000000201. The van der Waals surface area contributed by atoms with E-state index in [1.54, 1.807) is 0 Å². The summed E-state index contributed by atoms with van der Waals surface area (Å²) >= 11 is 3.15. The number of aromatic amines is 2. The summed E-state index contributed by atoms with van der Waals surface area (Å²) in [6.07, 6.45) is -6.62. The minimum Gasteiger partial charge on any atom is -0.460 e. The molecule has 6 rings (SSSR count). The summed E-state index contributed by atoms with van der Waals surface area (Å²) in [5.41, 5.74) is 9.98. The summed E-state index contributed by atoms with van der Waals surface area (Å²) < 4.78 is 18.9. The summed E-state index contributed by atoms with van der Waals surface area (Å²) in [4.78, 5) is 44.4. The van der Waals surface area contributed by atoms with Crippen molar-refractivity contribution in [2.24, 2.45) is 0 Å². The van der Waals surface area contributed by atoms with Crippen molar-refractivity contribution in [3.63, 3.8) is 0 Å². The quantitative estimate of drug-likeness (QED) is 0.0604. The largest absolute Gasteiger partial charge is 0.460 e. The molecule has 0 aromatic carbocycles. The van der Waals surface area contributed by atoms with E-state index in [-0.39, 0.29) is 58.2 Å². The number of nitrogen functional groups attached to an aromatic ring is 2. The van der Waals surface area contributed by atoms with Crippen LogP contribution in [-0.4, -0.2) is 138 Å². The van der Waals surface area contributed by atoms with E-state index >= 15 is 0 Å². The van der Waals surface area contributed by atoms with Crippen LogP contribution in [0.2, 0.25) is 0 Å². The molecule has 49 heavy (non-hydrogen) atoms. The van der Waals surface area contributed by atoms with Gasteiger partial charge in [-0.1, -0.05) is 18.7 Å². The number of halogens is 1. The fourth-order valence-corrected chi connectivity index (χ4v) is 5.38. The number of nitrogens with one attached hydrogen (secondary N) is 2. The first-order valence-corrected chi connectivity index (χ1v) is 15.0. The molecule has 2 aliphatic rings. The number of imidazole rings is 2. The van der Waals surface area contributed by atoms with Crippen molar-refractivity contribution in [2.45, 2.75) is 49.1 Å². The summed E-state index contributed by atoms with van der Waals surface area (Å²) in [6.45, 7) is 5.95. The molecule has 4 aromatic rings. The van der Waals surface area contributed by atoms with Gasteiger partial charge in [0.25, 0.3) is 11.1 Å². The Bertz CT molecular complexity index is 1900. The molecule has 8 atom stereocenters. The van der Waals surface area contributed by atoms with Gasteiger partial charge in [0.2, 0.25) is 11.9 Å². The van der Waals surface area contributed by atoms with Crippen molar-refractivity contribution in [3.8, 4) is 6.01 Å². The Kier molecular flexibility index (Phi) is 12.2. The molecule has 2 aliphatic heterocycles. The van der Waals surface area contributed by atoms with E-state index in [2.05, 4.69) is 59.0 Å². The Morgan fingerprint density at radius 1 is 0.776 bits per heavy atom. The number of nitrogens with two attached hydrogens (primary N) is 2. The zero-order valence-corrected chi connectivity index (χ0v) is 27.0. The summed E-state index contributed by atoms with van der Waals surface area (Å²) in [6, 6.07) is -0.0664. The van der Waals surface area contributed by atoms with Gasteiger partial charge < -0.3 is 61.4 Å². The van der Waals surface area contributed by atoms with Crippen LogP contribution in [0, 0.1) is 0 Å². The Morgan fingerprint density at radius 3 is 1.65 bits per heavy atom. The van der Waals surface area contributed by atoms with Crippen molar-refractivity contribution < 1.29 is 50.0 Å². The number of aliphatic hydroxyl groups is 7. The van der Waals surface area contributed by atoms with Gasteiger partial charge in [0.15, 0.2) is 39.5 Å². The molecule has 0 spiro atoms. The fraction of sp³-hybridized carbons (Fsp3) is 0.462. The number of hydrogen-bond donors (Lipinski definition) is 11. The first kappa shape index (κ1) is 37.5. The predicted octanol–water partition coefficient (Wildman–Crippen LogP) is -3.88. The topological polar surface area (TPSA) is 348 Å². The van der Waals surface area contributed by atoms with Crippen LogP contribution in [0.25, 0.3) is 22.3 Å². The molecular formula is C26H35BrN10O12. The van der Waals surface area contributed by atoms with Crippen LogP contribution in [0.1, 0.15) is 12.5 Å². The van der Waals surface area contributed by atoms with E-state index in [1.807, 2.05) is 0 Å². The van der Waals surface area contributed by atoms with Crippen LogP contribution < -0.4 is 27.3 Å². The van der Waals surface area contributed by atoms with E-state index in [4.69, 9.17) is 35.9 Å². The van der Waals surface area contributed by atoms with Gasteiger partial charge in [-0.05, 0) is 15.9 Å². The average molecular weight is 760 g/mol. The highest BCUT2D eigenvalue weighted by Gasteiger charge is 2.46. The minimum atomic E-state index is -1.40. The van der Waals surface area contributed by atoms with Gasteiger partial charge in [0.05, 0.1) is 19.8 Å². The number of aliphatic hydroxyl groups excluding tert-OH is 7. The maximum Gasteiger partial charge on any atom is 0.301 e. The molecule has 2 fully saturated rings. The number of aromatic nitrogens is 8. The van der Waals surface area contributed by atoms with E-state index < -0.39 is 73.4 Å². The highest BCUT2D eigenvalue weighted by atomic mass is 79.9. The first-order valence-electron chi connectivity index (χ1n) is 14.2. The molecule has 0 aliphatic carbocycles. The lowest BCUT2D eigenvalue weighted by atomic mass is 10.1. The number of fused-ring (bicyclic) bond motifs is 2. The van der Waals surface area contributed by atoms with Gasteiger partial charge >= 0.3 is 6.01 Å². The average Bonchev–Trinajstić information content (AvgIpc) is 3.77. The van der Waals surface area contributed by atoms with Gasteiger partial charge in [-0.3, -0.25) is 24.1 Å². The third-order valence-electron chi connectivity index (χ3n) is 7.07. The second-order valence-corrected chi connectivity index (χ2v) is 11.0. The normalized spacial score (nSPS) is 26.2. The second-order valence-electron chi connectivity index (χ2n) is 10.3. The lowest BCUT2D eigenvalue weighted by Crippen LogP contribution is -2.33. The SMILES string of the molecule is C=CCO.C=CCOc1nc2c(=O)[nH]c(N)nc2n1C1O[C@H](CO)[C@@H](O)[C@H]1O.Nc1nc2c(nc(Br)n2C2O[C@H](CO)[C@@H](O)[C@H]2O)c(=O)[nH]1. The first-order chi connectivity index (χ1) is 23.3. The molecule has 2 saturated heterocycles. The van der Waals surface area contributed by atoms with Gasteiger partial charge in [-0.25, -0.2) is 9.55 Å². The maximum atomic E-state index is 12.0. The summed E-state index contributed by atoms with van der Waals surface area (Å²) in [5, 5.41) is 66.1. The zero-order valence-electron chi connectivity index (χ0n) is 25.4. The molecule has 268 valence electrons. The van der Waals surface area contributed by atoms with Gasteiger partial charge in [0.1, 0.15) is 43.2 Å². The lowest BCUT2D eigenvalue weighted by molar-refractivity contribution is -0.0540. The van der Waals surface area contributed by atoms with Gasteiger partial charge in [-0.15, -0.1) is 6.58 Å². The number of anilines is 2. The third-order valence-corrected chi connectivity index (χ3v) is 7.62. The molecule has 0 saturated carbocycles. The Labute approximate surface area is 282 Å². The monoisotopic (exact) mass is 758 g/mol. The number of hydrogen-bond acceptors (Lipinski definition) is 18. The summed E-state index contributed by atoms with van der Waals surface area (Å²) in [5.74, 6) is -0.274. The van der Waals surface area contributed by atoms with Crippen molar-refractivity contribution in [1.82, 2.24) is 39.0 Å². The summed E-state index contributed by atoms with van der Waals surface area (Å²) in [7, 11) is 0. The van der Waals surface area contributed by atoms with Crippen molar-refractivity contribution in [2.75, 3.05) is 37.9 Å². The number of nitrogens with zero attached hydrogens (tertiary/aromatic N) is 6. The standard InChI is InChI=1S/C13H17N5O6.C10H12BrN5O5.C3H6O/c1-2-3-23-13-15-6-9(16-12(14)17-10(6)22)18(13)11-8(21)7(20)5(4-19)24-11;11-9-13-3-6(14-10(12)15-7(3)20)16(9)8-5(19)4(18)2(1-17)21-8;1-2-3-4/h2,5,7-8,11,19-21H,1,3-4H2,(H3,14,16,17,22);2,4-5,8,17-19H,1H2,(H3,12,14,15,20);2,4H,1,3H2/t5-,7-,8-,11?;2-,4-,5-,8?;/m11./s1. The number of rotatable bonds is 8. The van der Waals surface area contributed by atoms with Crippen LogP contribution in [-0.2, 0) is 9.47 Å². The molecule has 2 unspecified atom stereocenters. The zero-order chi connectivity index (χ0) is 36.2. The molecule has 0 radical (unpaired) electrons. The Morgan fingerprint density at radius 2 is 1.22 bits per heavy atom. The van der Waals surface area contributed by atoms with Crippen LogP contribution in [0.4, 0.5) is 11.9 Å². The highest BCUT2D eigenvalue weighted by molar-refractivity contribution is 9.10. The molecule has 13 N–H and O–H groups in total. The predicted molar refractivity (Wildman–Crippen MR) is 172 cm³/mol. The number of H-pyrrole nitrogens is 2. The molecular weight excluding hydrogens is 724 g/mol. The molecule has 22 nitrogen and oxygen atoms in total. The van der Waals surface area contributed by atoms with Gasteiger partial charge in [0, 0.05) is 0 Å². The molecule has 0 amide bonds. The van der Waals surface area contributed by atoms with Crippen LogP contribution in [0.15, 0.2) is 39.6 Å². The highest BCUT2D eigenvalue weighted by Crippen LogP contribution is 2.35. The molecule has 23 heteroatoms. The van der Waals surface area contributed by atoms with Crippen molar-refractivity contribution in [3.05, 3.63) is 50.8 Å². The van der Waals surface area contributed by atoms with E-state index in [0.29, 0.717) is 0 Å². The third kappa shape index (κ3) is 7.49. The van der Waals surface area contributed by atoms with Crippen LogP contribution in [0.5, 0.6) is 6.01 Å². The smallest absolute Gasteiger partial charge is 0.301 e. The van der Waals surface area contributed by atoms with Crippen molar-refractivity contribution in [1.29, 1.82) is 0 Å². The molecule has 6 heterocycles. The Hall–Kier alpha value is -4.30. The second kappa shape index (κ2) is 15.9. The van der Waals surface area contributed by atoms with E-state index in [9.17, 15) is 35.1 Å².